The van der Waals surface area contributed by atoms with Gasteiger partial charge in [0.25, 0.3) is 11.5 Å². The predicted molar refractivity (Wildman–Crippen MR) is 126 cm³/mol. The zero-order valence-electron chi connectivity index (χ0n) is 23.6. The van der Waals surface area contributed by atoms with Crippen molar-refractivity contribution in [3.8, 4) is 5.82 Å². The Hall–Kier alpha value is -4.25. The molecule has 1 amide bonds. The molecule has 4 aromatic heterocycles. The van der Waals surface area contributed by atoms with Gasteiger partial charge < -0.3 is 25.2 Å². The molecule has 0 saturated heterocycles. The molecule has 174 valence electrons. The Morgan fingerprint density at radius 2 is 2.18 bits per heavy atom. The lowest BCUT2D eigenvalue weighted by atomic mass is 9.89. The average Bonchev–Trinajstić information content (AvgIpc) is 3.30. The first-order chi connectivity index (χ1) is 18.9. The molecule has 11 heteroatoms. The molecule has 1 saturated carbocycles. The quantitative estimate of drug-likeness (QED) is 0.374. The average molecular weight is 468 g/mol. The summed E-state index contributed by atoms with van der Waals surface area (Å²) in [5, 5.41) is 11.7. The van der Waals surface area contributed by atoms with Crippen molar-refractivity contribution in [1.82, 2.24) is 25.0 Å². The fourth-order valence-electron chi connectivity index (χ4n) is 3.65. The number of methoxy groups -OCH3 is 1. The van der Waals surface area contributed by atoms with Crippen LogP contribution in [0.2, 0.25) is 0 Å². The number of ether oxygens (including phenoxy) is 1. The highest BCUT2D eigenvalue weighted by Crippen LogP contribution is 2.29. The van der Waals surface area contributed by atoms with Gasteiger partial charge >= 0.3 is 0 Å². The van der Waals surface area contributed by atoms with Gasteiger partial charge in [-0.25, -0.2) is 9.97 Å². The van der Waals surface area contributed by atoms with Gasteiger partial charge in [-0.05, 0) is 37.1 Å². The first-order valence-corrected chi connectivity index (χ1v) is 10.4. The Morgan fingerprint density at radius 3 is 2.94 bits per heavy atom. The van der Waals surface area contributed by atoms with E-state index in [1.165, 1.54) is 16.7 Å². The summed E-state index contributed by atoms with van der Waals surface area (Å²) in [4.78, 5) is 34.8. The van der Waals surface area contributed by atoms with Gasteiger partial charge in [0.05, 0.1) is 21.9 Å². The van der Waals surface area contributed by atoms with Crippen LogP contribution in [0.5, 0.6) is 0 Å². The van der Waals surface area contributed by atoms with Crippen molar-refractivity contribution < 1.29 is 22.3 Å². The molecule has 1 aliphatic rings. The number of anilines is 3. The summed E-state index contributed by atoms with van der Waals surface area (Å²) in [6.07, 6.45) is 3.32. The van der Waals surface area contributed by atoms with E-state index in [0.29, 0.717) is 18.7 Å². The molecule has 2 atom stereocenters. The minimum atomic E-state index is -2.63. The molecule has 34 heavy (non-hydrogen) atoms. The van der Waals surface area contributed by atoms with Crippen molar-refractivity contribution in [3.05, 3.63) is 64.9 Å². The minimum Gasteiger partial charge on any atom is -0.386 e. The molecule has 4 heterocycles. The number of fused-ring (bicyclic) bond motifs is 1. The fraction of sp³-hybridized carbons (Fsp3) is 0.261. The molecule has 5 rings (SSSR count). The molecule has 0 spiro atoms. The van der Waals surface area contributed by atoms with Gasteiger partial charge in [-0.15, -0.1) is 0 Å². The number of carbonyl (C=O) groups is 1. The van der Waals surface area contributed by atoms with Gasteiger partial charge in [0.1, 0.15) is 22.8 Å². The maximum Gasteiger partial charge on any atom is 0.292 e. The normalized spacial score (nSPS) is 20.6. The van der Waals surface area contributed by atoms with E-state index in [9.17, 15) is 9.59 Å². The lowest BCUT2D eigenvalue weighted by Crippen LogP contribution is -2.51. The fourth-order valence-corrected chi connectivity index (χ4v) is 3.65. The number of nitrogens with zero attached hydrogens (tertiary/aromatic N) is 4. The van der Waals surface area contributed by atoms with Gasteiger partial charge in [0, 0.05) is 36.6 Å². The van der Waals surface area contributed by atoms with Crippen LogP contribution in [-0.4, -0.2) is 51.8 Å². The summed E-state index contributed by atoms with van der Waals surface area (Å²) in [7, 11) is -2.61. The lowest BCUT2D eigenvalue weighted by molar-refractivity contribution is 0.00678. The topological polar surface area (TPSA) is 136 Å². The molecule has 0 bridgehead atoms. The SMILES string of the molecule is [2H]C([2H])([2H])Nc1cc(Nc2cccn(-c3ccccn3)c2=O)nc2c(C(=O)N[C@@H]3CC[C@H]3OC([2H])([2H])[2H])onc12. The van der Waals surface area contributed by atoms with Crippen molar-refractivity contribution in [2.45, 2.75) is 25.0 Å². The molecule has 4 aromatic rings. The van der Waals surface area contributed by atoms with Crippen molar-refractivity contribution >= 4 is 34.1 Å². The van der Waals surface area contributed by atoms with E-state index < -0.39 is 37.6 Å². The number of carbonyl (C=O) groups excluding carboxylic acids is 1. The highest BCUT2D eigenvalue weighted by Gasteiger charge is 2.34. The van der Waals surface area contributed by atoms with Gasteiger partial charge in [0.15, 0.2) is 5.52 Å². The Balaban J connectivity index is 1.48. The van der Waals surface area contributed by atoms with E-state index in [1.54, 1.807) is 36.7 Å². The van der Waals surface area contributed by atoms with Crippen LogP contribution in [0, 0.1) is 0 Å². The summed E-state index contributed by atoms with van der Waals surface area (Å²) in [6.45, 7) is -2.63. The number of amides is 1. The number of hydrogen-bond donors (Lipinski definition) is 3. The number of hydrogen-bond acceptors (Lipinski definition) is 9. The third kappa shape index (κ3) is 3.86. The first kappa shape index (κ1) is 15.6. The monoisotopic (exact) mass is 467 g/mol. The Kier molecular flexibility index (Phi) is 4.09. The minimum absolute atomic E-state index is 0.0245. The Morgan fingerprint density at radius 1 is 1.24 bits per heavy atom. The highest BCUT2D eigenvalue weighted by molar-refractivity contribution is 6.05. The number of pyridine rings is 3. The van der Waals surface area contributed by atoms with Crippen LogP contribution in [0.4, 0.5) is 17.2 Å². The molecule has 0 radical (unpaired) electrons. The van der Waals surface area contributed by atoms with Crippen LogP contribution in [0.25, 0.3) is 16.9 Å². The zero-order valence-corrected chi connectivity index (χ0v) is 17.6. The van der Waals surface area contributed by atoms with Crippen LogP contribution < -0.4 is 21.5 Å². The summed E-state index contributed by atoms with van der Waals surface area (Å²) in [5.41, 5.74) is -0.496. The van der Waals surface area contributed by atoms with Crippen molar-refractivity contribution in [1.29, 1.82) is 0 Å². The van der Waals surface area contributed by atoms with Gasteiger partial charge in [-0.1, -0.05) is 11.2 Å². The second-order valence-electron chi connectivity index (χ2n) is 7.61. The summed E-state index contributed by atoms with van der Waals surface area (Å²) in [6, 6.07) is 8.97. The maximum atomic E-state index is 13.1. The standard InChI is InChI=1S/C23H23N7O4/c1-24-15-12-17(26-14-6-5-11-30(23(14)32)18-7-3-4-10-25-18)28-20-19(15)29-34-21(20)22(31)27-13-8-9-16(13)33-2/h3-7,10-13,16,24H,8-9H2,1-2H3,(H,26,28)(H,27,31)/t13-,16-/m1/s1/i1D3,2D3. The van der Waals surface area contributed by atoms with E-state index in [2.05, 4.69) is 31.1 Å². The zero-order chi connectivity index (χ0) is 28.7. The molecular weight excluding hydrogens is 438 g/mol. The summed E-state index contributed by atoms with van der Waals surface area (Å²) < 4.78 is 56.3. The van der Waals surface area contributed by atoms with Crippen LogP contribution >= 0.6 is 0 Å². The van der Waals surface area contributed by atoms with Crippen molar-refractivity contribution in [3.63, 3.8) is 0 Å². The second-order valence-corrected chi connectivity index (χ2v) is 7.61. The van der Waals surface area contributed by atoms with E-state index >= 15 is 0 Å². The number of aromatic nitrogens is 4. The maximum absolute atomic E-state index is 13.1. The molecule has 3 N–H and O–H groups in total. The van der Waals surface area contributed by atoms with Crippen molar-refractivity contribution in [2.24, 2.45) is 0 Å². The largest absolute Gasteiger partial charge is 0.386 e. The van der Waals surface area contributed by atoms with Crippen LogP contribution in [-0.2, 0) is 4.74 Å². The van der Waals surface area contributed by atoms with Crippen LogP contribution in [0.1, 0.15) is 31.6 Å². The molecule has 1 fully saturated rings. The van der Waals surface area contributed by atoms with E-state index in [4.69, 9.17) is 17.5 Å². The van der Waals surface area contributed by atoms with Crippen LogP contribution in [0.3, 0.4) is 0 Å². The van der Waals surface area contributed by atoms with E-state index in [0.717, 1.165) is 0 Å². The molecule has 0 unspecified atom stereocenters. The van der Waals surface area contributed by atoms with E-state index in [-0.39, 0.29) is 34.0 Å². The van der Waals surface area contributed by atoms with Gasteiger partial charge in [-0.3, -0.25) is 14.2 Å². The smallest absolute Gasteiger partial charge is 0.292 e. The Labute approximate surface area is 202 Å². The van der Waals surface area contributed by atoms with Gasteiger partial charge in [-0.2, -0.15) is 0 Å². The first-order valence-electron chi connectivity index (χ1n) is 13.4. The van der Waals surface area contributed by atoms with Crippen LogP contribution in [0.15, 0.2) is 58.1 Å². The highest BCUT2D eigenvalue weighted by atomic mass is 16.5. The van der Waals surface area contributed by atoms with Crippen molar-refractivity contribution in [2.75, 3.05) is 24.6 Å². The molecule has 0 aliphatic heterocycles. The molecular formula is C23H23N7O4. The third-order valence-electron chi connectivity index (χ3n) is 5.56. The number of nitrogens with one attached hydrogen (secondary N) is 3. The summed E-state index contributed by atoms with van der Waals surface area (Å²) >= 11 is 0. The number of rotatable bonds is 7. The second kappa shape index (κ2) is 8.94. The lowest BCUT2D eigenvalue weighted by Gasteiger charge is -2.35. The van der Waals surface area contributed by atoms with Gasteiger partial charge in [0.2, 0.25) is 5.76 Å². The molecule has 11 nitrogen and oxygen atoms in total. The molecule has 1 aliphatic carbocycles. The third-order valence-corrected chi connectivity index (χ3v) is 5.56. The molecule has 0 aromatic carbocycles. The predicted octanol–water partition coefficient (Wildman–Crippen LogP) is 2.46. The van der Waals surface area contributed by atoms with E-state index in [1.807, 2.05) is 0 Å². The Bertz CT molecular complexity index is 1600. The summed E-state index contributed by atoms with van der Waals surface area (Å²) in [5.74, 6) is -0.655.